The largest absolute Gasteiger partial charge is 0.350 e. The summed E-state index contributed by atoms with van der Waals surface area (Å²) in [4.78, 5) is 25.5. The Bertz CT molecular complexity index is 1080. The number of fused-ring (bicyclic) bond motifs is 1. The second-order valence-corrected chi connectivity index (χ2v) is 5.94. The van der Waals surface area contributed by atoms with Gasteiger partial charge in [0.1, 0.15) is 5.69 Å². The van der Waals surface area contributed by atoms with Gasteiger partial charge in [-0.1, -0.05) is 48.5 Å². The van der Waals surface area contributed by atoms with Gasteiger partial charge in [-0.05, 0) is 23.8 Å². The smallest absolute Gasteiger partial charge is 0.274 e. The van der Waals surface area contributed by atoms with Gasteiger partial charge in [-0.3, -0.25) is 9.78 Å². The van der Waals surface area contributed by atoms with Crippen LogP contribution in [0.3, 0.4) is 0 Å². The van der Waals surface area contributed by atoms with E-state index in [2.05, 4.69) is 25.6 Å². The number of rotatable bonds is 5. The second kappa shape index (κ2) is 7.61. The van der Waals surface area contributed by atoms with Gasteiger partial charge in [0.25, 0.3) is 5.91 Å². The lowest BCUT2D eigenvalue weighted by atomic mass is 10.2. The minimum atomic E-state index is -0.307. The summed E-state index contributed by atoms with van der Waals surface area (Å²) in [6.07, 6.45) is 3.27. The van der Waals surface area contributed by atoms with E-state index in [0.29, 0.717) is 18.2 Å². The number of anilines is 2. The average molecular weight is 355 g/mol. The molecule has 0 fully saturated rings. The summed E-state index contributed by atoms with van der Waals surface area (Å²) < 4.78 is 0. The quantitative estimate of drug-likeness (QED) is 0.568. The van der Waals surface area contributed by atoms with Gasteiger partial charge >= 0.3 is 0 Å². The molecule has 0 aliphatic rings. The standard InChI is InChI=1S/C21H17N5O/c27-20(25-17-10-4-8-16-9-5-12-22-19(16)17)18-11-13-23-21(26-18)24-14-15-6-2-1-3-7-15/h1-13H,14H2,(H,25,27)(H,23,24,26). The van der Waals surface area contributed by atoms with Crippen molar-refractivity contribution in [2.45, 2.75) is 6.54 Å². The van der Waals surface area contributed by atoms with Crippen LogP contribution in [-0.2, 0) is 6.54 Å². The number of carbonyl (C=O) groups excluding carboxylic acids is 1. The van der Waals surface area contributed by atoms with E-state index in [1.807, 2.05) is 60.7 Å². The maximum absolute atomic E-state index is 12.6. The first-order chi connectivity index (χ1) is 13.3. The zero-order chi connectivity index (χ0) is 18.5. The lowest BCUT2D eigenvalue weighted by Crippen LogP contribution is -2.15. The minimum absolute atomic E-state index is 0.286. The van der Waals surface area contributed by atoms with Gasteiger partial charge in [-0.25, -0.2) is 9.97 Å². The highest BCUT2D eigenvalue weighted by Gasteiger charge is 2.11. The number of carbonyl (C=O) groups is 1. The number of hydrogen-bond donors (Lipinski definition) is 2. The summed E-state index contributed by atoms with van der Waals surface area (Å²) >= 11 is 0. The Labute approximate surface area is 156 Å². The molecule has 132 valence electrons. The number of amides is 1. The molecule has 4 aromatic rings. The van der Waals surface area contributed by atoms with Crippen LogP contribution in [0.4, 0.5) is 11.6 Å². The molecule has 0 aliphatic carbocycles. The molecule has 2 heterocycles. The fourth-order valence-corrected chi connectivity index (χ4v) is 2.74. The van der Waals surface area contributed by atoms with Crippen molar-refractivity contribution < 1.29 is 4.79 Å². The summed E-state index contributed by atoms with van der Waals surface area (Å²) in [6.45, 7) is 0.582. The predicted molar refractivity (Wildman–Crippen MR) is 105 cm³/mol. The number of benzene rings is 2. The molecule has 0 bridgehead atoms. The van der Waals surface area contributed by atoms with Crippen LogP contribution in [0, 0.1) is 0 Å². The fourth-order valence-electron chi connectivity index (χ4n) is 2.74. The molecule has 6 nitrogen and oxygen atoms in total. The Hall–Kier alpha value is -3.80. The maximum Gasteiger partial charge on any atom is 0.274 e. The van der Waals surface area contributed by atoms with E-state index in [-0.39, 0.29) is 11.6 Å². The van der Waals surface area contributed by atoms with Gasteiger partial charge in [-0.15, -0.1) is 0 Å². The Morgan fingerprint density at radius 1 is 0.852 bits per heavy atom. The highest BCUT2D eigenvalue weighted by atomic mass is 16.1. The van der Waals surface area contributed by atoms with E-state index in [4.69, 9.17) is 0 Å². The monoisotopic (exact) mass is 355 g/mol. The lowest BCUT2D eigenvalue weighted by Gasteiger charge is -2.09. The van der Waals surface area contributed by atoms with E-state index in [1.54, 1.807) is 18.5 Å². The molecule has 0 aliphatic heterocycles. The third-order valence-corrected chi connectivity index (χ3v) is 4.06. The first-order valence-corrected chi connectivity index (χ1v) is 8.55. The summed E-state index contributed by atoms with van der Waals surface area (Å²) in [5.74, 6) is 0.0980. The van der Waals surface area contributed by atoms with Gasteiger partial charge in [0.15, 0.2) is 0 Å². The molecule has 0 radical (unpaired) electrons. The zero-order valence-corrected chi connectivity index (χ0v) is 14.5. The number of nitrogens with zero attached hydrogens (tertiary/aromatic N) is 3. The molecule has 2 aromatic heterocycles. The molecule has 2 aromatic carbocycles. The van der Waals surface area contributed by atoms with Crippen LogP contribution in [-0.4, -0.2) is 20.9 Å². The minimum Gasteiger partial charge on any atom is -0.350 e. The van der Waals surface area contributed by atoms with Crippen molar-refractivity contribution in [2.24, 2.45) is 0 Å². The molecule has 0 atom stereocenters. The average Bonchev–Trinajstić information content (AvgIpc) is 2.73. The zero-order valence-electron chi connectivity index (χ0n) is 14.5. The Morgan fingerprint density at radius 2 is 1.70 bits per heavy atom. The summed E-state index contributed by atoms with van der Waals surface area (Å²) in [6, 6.07) is 21.0. The molecule has 0 saturated carbocycles. The Balaban J connectivity index is 1.50. The molecule has 1 amide bonds. The van der Waals surface area contributed by atoms with Crippen molar-refractivity contribution in [1.29, 1.82) is 0 Å². The van der Waals surface area contributed by atoms with Crippen molar-refractivity contribution in [1.82, 2.24) is 15.0 Å². The lowest BCUT2D eigenvalue weighted by molar-refractivity contribution is 0.102. The number of hydrogen-bond acceptors (Lipinski definition) is 5. The van der Waals surface area contributed by atoms with Crippen molar-refractivity contribution >= 4 is 28.4 Å². The van der Waals surface area contributed by atoms with Gasteiger partial charge < -0.3 is 10.6 Å². The van der Waals surface area contributed by atoms with Gasteiger partial charge in [0.2, 0.25) is 5.95 Å². The summed E-state index contributed by atoms with van der Waals surface area (Å²) in [5, 5.41) is 6.98. The first kappa shape index (κ1) is 16.7. The number of aromatic nitrogens is 3. The highest BCUT2D eigenvalue weighted by Crippen LogP contribution is 2.21. The maximum atomic E-state index is 12.6. The van der Waals surface area contributed by atoms with Gasteiger partial charge in [0, 0.05) is 24.3 Å². The fraction of sp³-hybridized carbons (Fsp3) is 0.0476. The normalized spacial score (nSPS) is 10.5. The van der Waals surface area contributed by atoms with E-state index in [9.17, 15) is 4.79 Å². The first-order valence-electron chi connectivity index (χ1n) is 8.55. The van der Waals surface area contributed by atoms with Gasteiger partial charge in [0.05, 0.1) is 11.2 Å². The molecule has 0 saturated heterocycles. The molecule has 27 heavy (non-hydrogen) atoms. The topological polar surface area (TPSA) is 79.8 Å². The van der Waals surface area contributed by atoms with E-state index in [1.165, 1.54) is 0 Å². The SMILES string of the molecule is O=C(Nc1cccc2cccnc12)c1ccnc(NCc2ccccc2)n1. The number of para-hydroxylation sites is 1. The molecule has 6 heteroatoms. The van der Waals surface area contributed by atoms with Crippen molar-refractivity contribution in [2.75, 3.05) is 10.6 Å². The third kappa shape index (κ3) is 3.90. The number of pyridine rings is 1. The molecular formula is C21H17N5O. The molecule has 0 spiro atoms. The van der Waals surface area contributed by atoms with Crippen molar-refractivity contribution in [3.63, 3.8) is 0 Å². The van der Waals surface area contributed by atoms with E-state index >= 15 is 0 Å². The van der Waals surface area contributed by atoms with Crippen molar-refractivity contribution in [3.05, 3.63) is 90.4 Å². The van der Waals surface area contributed by atoms with Crippen LogP contribution in [0.2, 0.25) is 0 Å². The van der Waals surface area contributed by atoms with E-state index in [0.717, 1.165) is 16.5 Å². The Kier molecular flexibility index (Phi) is 4.70. The third-order valence-electron chi connectivity index (χ3n) is 4.06. The predicted octanol–water partition coefficient (Wildman–Crippen LogP) is 3.89. The van der Waals surface area contributed by atoms with Crippen LogP contribution in [0.5, 0.6) is 0 Å². The molecule has 4 rings (SSSR count). The highest BCUT2D eigenvalue weighted by molar-refractivity contribution is 6.07. The molecule has 2 N–H and O–H groups in total. The molecular weight excluding hydrogens is 338 g/mol. The van der Waals surface area contributed by atoms with Crippen LogP contribution in [0.25, 0.3) is 10.9 Å². The van der Waals surface area contributed by atoms with Crippen LogP contribution in [0.1, 0.15) is 16.1 Å². The Morgan fingerprint density at radius 3 is 2.59 bits per heavy atom. The van der Waals surface area contributed by atoms with Crippen LogP contribution in [0.15, 0.2) is 79.1 Å². The van der Waals surface area contributed by atoms with Gasteiger partial charge in [-0.2, -0.15) is 0 Å². The second-order valence-electron chi connectivity index (χ2n) is 5.94. The van der Waals surface area contributed by atoms with Crippen molar-refractivity contribution in [3.8, 4) is 0 Å². The summed E-state index contributed by atoms with van der Waals surface area (Å²) in [7, 11) is 0. The van der Waals surface area contributed by atoms with Crippen LogP contribution < -0.4 is 10.6 Å². The number of nitrogens with one attached hydrogen (secondary N) is 2. The van der Waals surface area contributed by atoms with Crippen LogP contribution >= 0.6 is 0 Å². The van der Waals surface area contributed by atoms with E-state index < -0.39 is 0 Å². The molecule has 0 unspecified atom stereocenters. The summed E-state index contributed by atoms with van der Waals surface area (Å²) in [5.41, 5.74) is 2.78.